The number of methoxy groups -OCH3 is 1. The fourth-order valence-electron chi connectivity index (χ4n) is 2.27. The van der Waals surface area contributed by atoms with Gasteiger partial charge in [-0.2, -0.15) is 0 Å². The van der Waals surface area contributed by atoms with Crippen LogP contribution in [0.2, 0.25) is 5.02 Å². The highest BCUT2D eigenvalue weighted by molar-refractivity contribution is 6.30. The number of anilines is 1. The predicted molar refractivity (Wildman–Crippen MR) is 113 cm³/mol. The molecule has 0 unspecified atom stereocenters. The Hall–Kier alpha value is -1.13. The first-order valence-corrected chi connectivity index (χ1v) is 8.97. The Morgan fingerprint density at radius 2 is 1.68 bits per heavy atom. The van der Waals surface area contributed by atoms with Gasteiger partial charge in [0.2, 0.25) is 0 Å². The van der Waals surface area contributed by atoms with Crippen LogP contribution < -0.4 is 9.64 Å². The summed E-state index contributed by atoms with van der Waals surface area (Å²) in [7, 11) is 1.65. The molecular weight excluding hydrogens is 402 g/mol. The number of hydrogen-bond donors (Lipinski definition) is 0. The molecule has 7 heteroatoms. The van der Waals surface area contributed by atoms with Gasteiger partial charge in [0.1, 0.15) is 5.75 Å². The molecule has 2 aromatic rings. The molecule has 0 radical (unpaired) electrons. The van der Waals surface area contributed by atoms with Crippen LogP contribution >= 0.6 is 47.2 Å². The molecule has 136 valence electrons. The second-order valence-electron chi connectivity index (χ2n) is 5.03. The molecule has 2 rings (SSSR count). The molecule has 0 saturated heterocycles. The van der Waals surface area contributed by atoms with Gasteiger partial charge >= 0.3 is 0 Å². The van der Waals surface area contributed by atoms with Gasteiger partial charge in [-0.25, -0.2) is 0 Å². The number of alkyl halides is 2. The van der Waals surface area contributed by atoms with Crippen molar-refractivity contribution in [1.82, 2.24) is 0 Å². The second-order valence-corrected chi connectivity index (χ2v) is 6.22. The third kappa shape index (κ3) is 6.59. The normalized spacial score (nSPS) is 10.6. The van der Waals surface area contributed by atoms with Gasteiger partial charge in [0.05, 0.1) is 18.5 Å². The number of hydrogen-bond acceptors (Lipinski definition) is 3. The SMILES string of the molecule is COc1cc(C=Nc2ccc(Cl)cc2)ccc1N(CCCl)CCCl.Cl. The van der Waals surface area contributed by atoms with Crippen molar-refractivity contribution in [3.05, 3.63) is 53.1 Å². The lowest BCUT2D eigenvalue weighted by Gasteiger charge is -2.25. The highest BCUT2D eigenvalue weighted by atomic mass is 35.5. The van der Waals surface area contributed by atoms with E-state index in [0.29, 0.717) is 29.9 Å². The third-order valence-corrected chi connectivity index (χ3v) is 4.03. The molecule has 25 heavy (non-hydrogen) atoms. The summed E-state index contributed by atoms with van der Waals surface area (Å²) in [5, 5.41) is 0.693. The number of rotatable bonds is 8. The zero-order chi connectivity index (χ0) is 17.4. The van der Waals surface area contributed by atoms with Crippen LogP contribution in [0.4, 0.5) is 11.4 Å². The van der Waals surface area contributed by atoms with Gasteiger partial charge in [-0.05, 0) is 42.0 Å². The lowest BCUT2D eigenvalue weighted by Crippen LogP contribution is -2.28. The maximum absolute atomic E-state index is 5.88. The van der Waals surface area contributed by atoms with E-state index >= 15 is 0 Å². The van der Waals surface area contributed by atoms with Crippen molar-refractivity contribution in [1.29, 1.82) is 0 Å². The molecule has 0 saturated carbocycles. The van der Waals surface area contributed by atoms with E-state index in [0.717, 1.165) is 22.7 Å². The van der Waals surface area contributed by atoms with Crippen LogP contribution in [0, 0.1) is 0 Å². The summed E-state index contributed by atoms with van der Waals surface area (Å²) < 4.78 is 5.52. The first kappa shape index (κ1) is 21.9. The van der Waals surface area contributed by atoms with Gasteiger partial charge < -0.3 is 9.64 Å². The van der Waals surface area contributed by atoms with Crippen molar-refractivity contribution in [3.8, 4) is 5.75 Å². The van der Waals surface area contributed by atoms with Crippen molar-refractivity contribution >= 4 is 64.8 Å². The van der Waals surface area contributed by atoms with E-state index in [4.69, 9.17) is 39.5 Å². The van der Waals surface area contributed by atoms with Gasteiger partial charge in [-0.3, -0.25) is 4.99 Å². The molecule has 0 aliphatic heterocycles. The monoisotopic (exact) mass is 420 g/mol. The quantitative estimate of drug-likeness (QED) is 0.397. The van der Waals surface area contributed by atoms with E-state index in [9.17, 15) is 0 Å². The summed E-state index contributed by atoms with van der Waals surface area (Å²) in [6, 6.07) is 13.3. The number of aliphatic imine (C=N–C) groups is 1. The van der Waals surface area contributed by atoms with Crippen LogP contribution in [0.5, 0.6) is 5.75 Å². The highest BCUT2D eigenvalue weighted by Gasteiger charge is 2.11. The van der Waals surface area contributed by atoms with Crippen molar-refractivity contribution in [2.45, 2.75) is 0 Å². The summed E-state index contributed by atoms with van der Waals surface area (Å²) in [6.45, 7) is 1.42. The van der Waals surface area contributed by atoms with Crippen LogP contribution in [0.25, 0.3) is 0 Å². The zero-order valence-electron chi connectivity index (χ0n) is 13.8. The minimum atomic E-state index is 0. The molecule has 2 aromatic carbocycles. The first-order chi connectivity index (χ1) is 11.7. The topological polar surface area (TPSA) is 24.8 Å². The van der Waals surface area contributed by atoms with Gasteiger partial charge in [-0.1, -0.05) is 17.7 Å². The Morgan fingerprint density at radius 3 is 2.24 bits per heavy atom. The molecule has 0 aliphatic carbocycles. The average Bonchev–Trinajstić information content (AvgIpc) is 2.61. The lowest BCUT2D eigenvalue weighted by atomic mass is 10.2. The molecule has 0 aliphatic rings. The summed E-state index contributed by atoms with van der Waals surface area (Å²) in [5.74, 6) is 1.82. The Morgan fingerprint density at radius 1 is 1.04 bits per heavy atom. The fourth-order valence-corrected chi connectivity index (χ4v) is 2.80. The van der Waals surface area contributed by atoms with E-state index in [1.54, 1.807) is 13.3 Å². The molecule has 0 bridgehead atoms. The number of benzene rings is 2. The molecule has 3 nitrogen and oxygen atoms in total. The largest absolute Gasteiger partial charge is 0.495 e. The summed E-state index contributed by atoms with van der Waals surface area (Å²) in [6.07, 6.45) is 1.79. The van der Waals surface area contributed by atoms with Crippen molar-refractivity contribution < 1.29 is 4.74 Å². The Balaban J connectivity index is 0.00000312. The minimum absolute atomic E-state index is 0. The summed E-state index contributed by atoms with van der Waals surface area (Å²) in [5.41, 5.74) is 2.76. The van der Waals surface area contributed by atoms with Crippen molar-refractivity contribution in [2.75, 3.05) is 36.9 Å². The Kier molecular flexibility index (Phi) is 10.1. The Bertz CT molecular complexity index is 671. The van der Waals surface area contributed by atoms with Crippen LogP contribution in [0.15, 0.2) is 47.5 Å². The van der Waals surface area contributed by atoms with Gasteiger partial charge in [0, 0.05) is 36.1 Å². The van der Waals surface area contributed by atoms with Crippen LogP contribution in [0.1, 0.15) is 5.56 Å². The first-order valence-electron chi connectivity index (χ1n) is 7.52. The zero-order valence-corrected chi connectivity index (χ0v) is 16.9. The minimum Gasteiger partial charge on any atom is -0.495 e. The average molecular weight is 422 g/mol. The summed E-state index contributed by atoms with van der Waals surface area (Å²) >= 11 is 17.6. The van der Waals surface area contributed by atoms with E-state index < -0.39 is 0 Å². The molecule has 0 aromatic heterocycles. The van der Waals surface area contributed by atoms with Gasteiger partial charge in [-0.15, -0.1) is 35.6 Å². The van der Waals surface area contributed by atoms with E-state index in [1.165, 1.54) is 0 Å². The maximum Gasteiger partial charge on any atom is 0.142 e. The molecule has 0 heterocycles. The summed E-state index contributed by atoms with van der Waals surface area (Å²) in [4.78, 5) is 6.56. The van der Waals surface area contributed by atoms with Crippen LogP contribution in [-0.2, 0) is 0 Å². The second kappa shape index (κ2) is 11.5. The number of ether oxygens (including phenoxy) is 1. The maximum atomic E-state index is 5.88. The Labute approximate surface area is 170 Å². The van der Waals surface area contributed by atoms with Gasteiger partial charge in [0.25, 0.3) is 0 Å². The lowest BCUT2D eigenvalue weighted by molar-refractivity contribution is 0.414. The van der Waals surface area contributed by atoms with E-state index in [2.05, 4.69) is 9.89 Å². The number of halogens is 4. The predicted octanol–water partition coefficient (Wildman–Crippen LogP) is 5.81. The number of nitrogens with zero attached hydrogens (tertiary/aromatic N) is 2. The van der Waals surface area contributed by atoms with Crippen molar-refractivity contribution in [2.24, 2.45) is 4.99 Å². The fraction of sp³-hybridized carbons (Fsp3) is 0.278. The smallest absolute Gasteiger partial charge is 0.142 e. The van der Waals surface area contributed by atoms with Crippen molar-refractivity contribution in [3.63, 3.8) is 0 Å². The van der Waals surface area contributed by atoms with E-state index in [-0.39, 0.29) is 12.4 Å². The molecule has 0 atom stereocenters. The van der Waals surface area contributed by atoms with Gasteiger partial charge in [0.15, 0.2) is 0 Å². The molecule has 0 spiro atoms. The van der Waals surface area contributed by atoms with E-state index in [1.807, 2.05) is 42.5 Å². The van der Waals surface area contributed by atoms with Crippen LogP contribution in [-0.4, -0.2) is 38.2 Å². The molecule has 0 amide bonds. The standard InChI is InChI=1S/C18H19Cl3N2O.ClH/c1-24-18-12-14(13-22-16-5-3-15(21)4-6-16)2-7-17(18)23(10-8-19)11-9-20;/h2-7,12-13H,8-11H2,1H3;1H. The molecule has 0 N–H and O–H groups in total. The molecular formula is C18H20Cl4N2O. The van der Waals surface area contributed by atoms with Crippen LogP contribution in [0.3, 0.4) is 0 Å². The molecule has 0 fully saturated rings. The third-order valence-electron chi connectivity index (χ3n) is 3.44. The highest BCUT2D eigenvalue weighted by Crippen LogP contribution is 2.29.